The Balaban J connectivity index is 1.67. The fourth-order valence-corrected chi connectivity index (χ4v) is 3.35. The van der Waals surface area contributed by atoms with Crippen molar-refractivity contribution in [1.82, 2.24) is 15.1 Å². The quantitative estimate of drug-likeness (QED) is 0.482. The van der Waals surface area contributed by atoms with Crippen molar-refractivity contribution in [3.63, 3.8) is 0 Å². The minimum absolute atomic E-state index is 0.00333. The van der Waals surface area contributed by atoms with Gasteiger partial charge >= 0.3 is 5.69 Å². The van der Waals surface area contributed by atoms with Crippen molar-refractivity contribution in [2.45, 2.75) is 32.9 Å². The molecule has 2 aromatic carbocycles. The molecule has 0 aliphatic heterocycles. The summed E-state index contributed by atoms with van der Waals surface area (Å²) in [4.78, 5) is 23.1. The monoisotopic (exact) mass is 381 g/mol. The molecule has 3 rings (SSSR count). The van der Waals surface area contributed by atoms with E-state index < -0.39 is 4.92 Å². The number of rotatable bonds is 7. The highest BCUT2D eigenvalue weighted by molar-refractivity contribution is 5.83. The molecule has 3 aromatic rings. The Bertz CT molecular complexity index is 1030. The van der Waals surface area contributed by atoms with Gasteiger partial charge in [-0.2, -0.15) is 5.10 Å². The number of carbonyl (C=O) groups is 1. The van der Waals surface area contributed by atoms with Crippen LogP contribution in [0.4, 0.5) is 5.69 Å². The van der Waals surface area contributed by atoms with Crippen molar-refractivity contribution in [2.24, 2.45) is 5.73 Å². The van der Waals surface area contributed by atoms with Crippen molar-refractivity contribution in [3.05, 3.63) is 69.5 Å². The number of amides is 1. The van der Waals surface area contributed by atoms with Gasteiger partial charge in [0.1, 0.15) is 11.4 Å². The summed E-state index contributed by atoms with van der Waals surface area (Å²) in [6.07, 6.45) is 0.156. The topological polar surface area (TPSA) is 116 Å². The lowest BCUT2D eigenvalue weighted by atomic mass is 10.0. The number of benzene rings is 2. The minimum Gasteiger partial charge on any atom is -0.348 e. The van der Waals surface area contributed by atoms with E-state index in [1.54, 1.807) is 13.8 Å². The van der Waals surface area contributed by atoms with Crippen LogP contribution in [0.5, 0.6) is 0 Å². The summed E-state index contributed by atoms with van der Waals surface area (Å²) in [5, 5.41) is 20.4. The maximum atomic E-state index is 12.4. The maximum absolute atomic E-state index is 12.4. The van der Waals surface area contributed by atoms with E-state index in [2.05, 4.69) is 10.4 Å². The SMILES string of the molecule is Cc1nn(CCC(=O)NC(CN)c2ccc3ccccc3c2)c(C)c1[N+](=O)[O-]. The fraction of sp³-hybridized carbons (Fsp3) is 0.300. The van der Waals surface area contributed by atoms with Gasteiger partial charge in [0.25, 0.3) is 0 Å². The highest BCUT2D eigenvalue weighted by Crippen LogP contribution is 2.22. The molecule has 1 atom stereocenters. The van der Waals surface area contributed by atoms with Crippen LogP contribution in [0.25, 0.3) is 10.8 Å². The van der Waals surface area contributed by atoms with E-state index >= 15 is 0 Å². The summed E-state index contributed by atoms with van der Waals surface area (Å²) in [5.74, 6) is -0.182. The molecule has 1 heterocycles. The van der Waals surface area contributed by atoms with E-state index in [1.165, 1.54) is 4.68 Å². The van der Waals surface area contributed by atoms with Gasteiger partial charge in [0, 0.05) is 13.0 Å². The number of nitrogens with one attached hydrogen (secondary N) is 1. The largest absolute Gasteiger partial charge is 0.348 e. The van der Waals surface area contributed by atoms with E-state index in [4.69, 9.17) is 5.73 Å². The molecule has 28 heavy (non-hydrogen) atoms. The molecule has 8 heteroatoms. The molecule has 8 nitrogen and oxygen atoms in total. The second kappa shape index (κ2) is 8.18. The first-order valence-electron chi connectivity index (χ1n) is 9.07. The van der Waals surface area contributed by atoms with Crippen LogP contribution in [0.1, 0.15) is 29.4 Å². The predicted octanol–water partition coefficient (Wildman–Crippen LogP) is 2.77. The second-order valence-corrected chi connectivity index (χ2v) is 6.71. The lowest BCUT2D eigenvalue weighted by molar-refractivity contribution is -0.386. The smallest absolute Gasteiger partial charge is 0.312 e. The summed E-state index contributed by atoms with van der Waals surface area (Å²) < 4.78 is 1.50. The molecular weight excluding hydrogens is 358 g/mol. The lowest BCUT2D eigenvalue weighted by Gasteiger charge is -2.18. The van der Waals surface area contributed by atoms with Gasteiger partial charge in [-0.15, -0.1) is 0 Å². The van der Waals surface area contributed by atoms with Crippen LogP contribution < -0.4 is 11.1 Å². The van der Waals surface area contributed by atoms with Crippen LogP contribution in [0.15, 0.2) is 42.5 Å². The van der Waals surface area contributed by atoms with Gasteiger partial charge in [-0.25, -0.2) is 0 Å². The molecule has 0 radical (unpaired) electrons. The molecule has 0 bridgehead atoms. The van der Waals surface area contributed by atoms with Gasteiger partial charge in [-0.3, -0.25) is 19.6 Å². The average Bonchev–Trinajstić information content (AvgIpc) is 2.97. The first-order valence-corrected chi connectivity index (χ1v) is 9.07. The van der Waals surface area contributed by atoms with E-state index in [-0.39, 0.29) is 37.1 Å². The average molecular weight is 381 g/mol. The fourth-order valence-electron chi connectivity index (χ4n) is 3.35. The number of aromatic nitrogens is 2. The number of nitro groups is 1. The summed E-state index contributed by atoms with van der Waals surface area (Å²) in [6.45, 7) is 3.76. The normalized spacial score (nSPS) is 12.1. The van der Waals surface area contributed by atoms with Crippen LogP contribution in [0, 0.1) is 24.0 Å². The van der Waals surface area contributed by atoms with Crippen molar-refractivity contribution in [1.29, 1.82) is 0 Å². The van der Waals surface area contributed by atoms with E-state index in [1.807, 2.05) is 42.5 Å². The van der Waals surface area contributed by atoms with Crippen molar-refractivity contribution in [3.8, 4) is 0 Å². The molecule has 1 unspecified atom stereocenters. The summed E-state index contributed by atoms with van der Waals surface area (Å²) >= 11 is 0. The molecule has 0 fully saturated rings. The second-order valence-electron chi connectivity index (χ2n) is 6.71. The third kappa shape index (κ3) is 4.01. The molecule has 1 aromatic heterocycles. The Hall–Kier alpha value is -3.26. The highest BCUT2D eigenvalue weighted by atomic mass is 16.6. The number of aryl methyl sites for hydroxylation is 2. The Morgan fingerprint density at radius 1 is 1.25 bits per heavy atom. The van der Waals surface area contributed by atoms with Crippen LogP contribution >= 0.6 is 0 Å². The zero-order valence-electron chi connectivity index (χ0n) is 15.9. The maximum Gasteiger partial charge on any atom is 0.312 e. The number of fused-ring (bicyclic) bond motifs is 1. The molecule has 0 saturated heterocycles. The number of nitrogens with zero attached hydrogens (tertiary/aromatic N) is 3. The summed E-state index contributed by atoms with van der Waals surface area (Å²) in [7, 11) is 0. The van der Waals surface area contributed by atoms with Gasteiger partial charge in [0.2, 0.25) is 5.91 Å². The van der Waals surface area contributed by atoms with Gasteiger partial charge in [0.05, 0.1) is 17.5 Å². The van der Waals surface area contributed by atoms with Gasteiger partial charge in [-0.05, 0) is 36.2 Å². The summed E-state index contributed by atoms with van der Waals surface area (Å²) in [5.41, 5.74) is 7.61. The number of hydrogen-bond acceptors (Lipinski definition) is 5. The minimum atomic E-state index is -0.446. The Kier molecular flexibility index (Phi) is 5.70. The first-order chi connectivity index (χ1) is 13.4. The first kappa shape index (κ1) is 19.5. The Morgan fingerprint density at radius 3 is 2.61 bits per heavy atom. The zero-order valence-corrected chi connectivity index (χ0v) is 15.9. The van der Waals surface area contributed by atoms with Crippen molar-refractivity contribution >= 4 is 22.4 Å². The zero-order chi connectivity index (χ0) is 20.3. The van der Waals surface area contributed by atoms with Crippen LogP contribution in [-0.4, -0.2) is 27.2 Å². The Morgan fingerprint density at radius 2 is 1.96 bits per heavy atom. The molecule has 1 amide bonds. The number of hydrogen-bond donors (Lipinski definition) is 2. The van der Waals surface area contributed by atoms with E-state index in [0.29, 0.717) is 11.4 Å². The predicted molar refractivity (Wildman–Crippen MR) is 107 cm³/mol. The molecular formula is C20H23N5O3. The van der Waals surface area contributed by atoms with Crippen LogP contribution in [-0.2, 0) is 11.3 Å². The van der Waals surface area contributed by atoms with Crippen LogP contribution in [0.3, 0.4) is 0 Å². The molecule has 3 N–H and O–H groups in total. The molecule has 0 saturated carbocycles. The molecule has 146 valence electrons. The molecule has 0 spiro atoms. The van der Waals surface area contributed by atoms with E-state index in [0.717, 1.165) is 16.3 Å². The standard InChI is InChI=1S/C20H23N5O3/c1-13-20(25(27)28)14(2)24(23-13)10-9-19(26)22-18(12-21)17-8-7-15-5-3-4-6-16(15)11-17/h3-8,11,18H,9-10,12,21H2,1-2H3,(H,22,26). The third-order valence-electron chi connectivity index (χ3n) is 4.82. The van der Waals surface area contributed by atoms with Gasteiger partial charge < -0.3 is 11.1 Å². The molecule has 0 aliphatic carbocycles. The van der Waals surface area contributed by atoms with E-state index in [9.17, 15) is 14.9 Å². The number of carbonyl (C=O) groups excluding carboxylic acids is 1. The Labute approximate surface area is 162 Å². The number of nitrogens with two attached hydrogens (primary N) is 1. The molecule has 0 aliphatic rings. The van der Waals surface area contributed by atoms with Crippen LogP contribution in [0.2, 0.25) is 0 Å². The van der Waals surface area contributed by atoms with Crippen molar-refractivity contribution < 1.29 is 9.72 Å². The third-order valence-corrected chi connectivity index (χ3v) is 4.82. The van der Waals surface area contributed by atoms with Gasteiger partial charge in [-0.1, -0.05) is 36.4 Å². The van der Waals surface area contributed by atoms with Crippen molar-refractivity contribution in [2.75, 3.05) is 6.54 Å². The highest BCUT2D eigenvalue weighted by Gasteiger charge is 2.22. The lowest BCUT2D eigenvalue weighted by Crippen LogP contribution is -2.33. The summed E-state index contributed by atoms with van der Waals surface area (Å²) in [6, 6.07) is 13.7. The van der Waals surface area contributed by atoms with Gasteiger partial charge in [0.15, 0.2) is 0 Å².